The van der Waals surface area contributed by atoms with E-state index in [0.29, 0.717) is 16.1 Å². The van der Waals surface area contributed by atoms with Crippen molar-refractivity contribution in [2.45, 2.75) is 26.5 Å². The second-order valence-electron chi connectivity index (χ2n) is 4.19. The van der Waals surface area contributed by atoms with Crippen molar-refractivity contribution in [2.75, 3.05) is 0 Å². The molecular weight excluding hydrogens is 301 g/mol. The summed E-state index contributed by atoms with van der Waals surface area (Å²) in [5.74, 6) is 0.792. The molecule has 0 aliphatic heterocycles. The van der Waals surface area contributed by atoms with Crippen molar-refractivity contribution in [3.8, 4) is 11.4 Å². The fourth-order valence-electron chi connectivity index (χ4n) is 1.83. The van der Waals surface area contributed by atoms with E-state index in [1.807, 2.05) is 18.4 Å². The molecule has 4 nitrogen and oxygen atoms in total. The highest BCUT2D eigenvalue weighted by Crippen LogP contribution is 2.29. The minimum atomic E-state index is -0.316. The van der Waals surface area contributed by atoms with Crippen molar-refractivity contribution >= 4 is 15.9 Å². The summed E-state index contributed by atoms with van der Waals surface area (Å²) in [6, 6.07) is 4.50. The molecule has 0 unspecified atom stereocenters. The van der Waals surface area contributed by atoms with Crippen LogP contribution in [0.15, 0.2) is 22.7 Å². The summed E-state index contributed by atoms with van der Waals surface area (Å²) in [5.41, 5.74) is 0.748. The van der Waals surface area contributed by atoms with Crippen LogP contribution in [0, 0.1) is 5.82 Å². The third kappa shape index (κ3) is 2.30. The number of nitrogens with zero attached hydrogens (tertiary/aromatic N) is 3. The molecular formula is C12H13BrFN3O. The second-order valence-corrected chi connectivity index (χ2v) is 5.04. The van der Waals surface area contributed by atoms with Gasteiger partial charge in [-0.3, -0.25) is 0 Å². The predicted molar refractivity (Wildman–Crippen MR) is 69.4 cm³/mol. The van der Waals surface area contributed by atoms with E-state index in [1.165, 1.54) is 12.1 Å². The molecule has 0 aliphatic rings. The fourth-order valence-corrected chi connectivity index (χ4v) is 2.36. The van der Waals surface area contributed by atoms with Crippen molar-refractivity contribution in [1.29, 1.82) is 0 Å². The minimum Gasteiger partial charge on any atom is -0.388 e. The van der Waals surface area contributed by atoms with Gasteiger partial charge in [0.1, 0.15) is 12.4 Å². The maximum atomic E-state index is 13.1. The van der Waals surface area contributed by atoms with Gasteiger partial charge in [0.15, 0.2) is 11.6 Å². The molecule has 2 aromatic rings. The van der Waals surface area contributed by atoms with Crippen LogP contribution in [0.4, 0.5) is 4.39 Å². The van der Waals surface area contributed by atoms with Crippen LogP contribution >= 0.6 is 15.9 Å². The van der Waals surface area contributed by atoms with Gasteiger partial charge in [0.05, 0.1) is 0 Å². The third-order valence-corrected chi connectivity index (χ3v) is 3.25. The molecule has 0 aliphatic carbocycles. The number of halogens is 2. The van der Waals surface area contributed by atoms with Gasteiger partial charge in [-0.25, -0.2) is 4.39 Å². The Morgan fingerprint density at radius 1 is 1.39 bits per heavy atom. The topological polar surface area (TPSA) is 50.9 Å². The van der Waals surface area contributed by atoms with Crippen molar-refractivity contribution in [3.05, 3.63) is 34.3 Å². The highest BCUT2D eigenvalue weighted by Gasteiger charge is 2.17. The number of hydrogen-bond donors (Lipinski definition) is 1. The maximum Gasteiger partial charge on any atom is 0.165 e. The zero-order valence-corrected chi connectivity index (χ0v) is 11.6. The van der Waals surface area contributed by atoms with Crippen molar-refractivity contribution in [1.82, 2.24) is 14.8 Å². The zero-order valence-electron chi connectivity index (χ0n) is 10.1. The Balaban J connectivity index is 2.60. The number of rotatable bonds is 3. The smallest absolute Gasteiger partial charge is 0.165 e. The summed E-state index contributed by atoms with van der Waals surface area (Å²) >= 11 is 3.31. The Morgan fingerprint density at radius 2 is 2.11 bits per heavy atom. The molecule has 1 aromatic carbocycles. The maximum absolute atomic E-state index is 13.1. The van der Waals surface area contributed by atoms with E-state index in [2.05, 4.69) is 26.1 Å². The van der Waals surface area contributed by atoms with Crippen molar-refractivity contribution in [2.24, 2.45) is 0 Å². The Labute approximate surface area is 113 Å². The third-order valence-electron chi connectivity index (χ3n) is 2.60. The molecule has 1 N–H and O–H groups in total. The van der Waals surface area contributed by atoms with Crippen molar-refractivity contribution < 1.29 is 9.50 Å². The van der Waals surface area contributed by atoms with E-state index >= 15 is 0 Å². The van der Waals surface area contributed by atoms with E-state index in [1.54, 1.807) is 6.07 Å². The number of hydrogen-bond acceptors (Lipinski definition) is 3. The Hall–Kier alpha value is -1.27. The van der Waals surface area contributed by atoms with Crippen LogP contribution in [0.2, 0.25) is 0 Å². The first-order valence-corrected chi connectivity index (χ1v) is 6.34. The fraction of sp³-hybridized carbons (Fsp3) is 0.333. The summed E-state index contributed by atoms with van der Waals surface area (Å²) in [5, 5.41) is 17.3. The van der Waals surface area contributed by atoms with E-state index in [4.69, 9.17) is 0 Å². The lowest BCUT2D eigenvalue weighted by Crippen LogP contribution is -2.08. The summed E-state index contributed by atoms with van der Waals surface area (Å²) < 4.78 is 15.5. The van der Waals surface area contributed by atoms with Crippen LogP contribution in [-0.2, 0) is 6.61 Å². The number of aliphatic hydroxyl groups is 1. The quantitative estimate of drug-likeness (QED) is 0.948. The molecule has 0 saturated heterocycles. The van der Waals surface area contributed by atoms with Crippen molar-refractivity contribution in [3.63, 3.8) is 0 Å². The summed E-state index contributed by atoms with van der Waals surface area (Å²) in [6.07, 6.45) is 0. The monoisotopic (exact) mass is 313 g/mol. The molecule has 18 heavy (non-hydrogen) atoms. The number of aromatic nitrogens is 3. The lowest BCUT2D eigenvalue weighted by atomic mass is 10.2. The first-order chi connectivity index (χ1) is 8.54. The van der Waals surface area contributed by atoms with Gasteiger partial charge >= 0.3 is 0 Å². The summed E-state index contributed by atoms with van der Waals surface area (Å²) in [7, 11) is 0. The highest BCUT2D eigenvalue weighted by molar-refractivity contribution is 9.10. The molecule has 2 rings (SSSR count). The Morgan fingerprint density at radius 3 is 2.67 bits per heavy atom. The molecule has 0 fully saturated rings. The molecule has 0 spiro atoms. The van der Waals surface area contributed by atoms with E-state index < -0.39 is 0 Å². The van der Waals surface area contributed by atoms with E-state index in [9.17, 15) is 9.50 Å². The van der Waals surface area contributed by atoms with Crippen LogP contribution in [0.25, 0.3) is 11.4 Å². The molecule has 0 saturated carbocycles. The van der Waals surface area contributed by atoms with Gasteiger partial charge in [-0.05, 0) is 48.0 Å². The van der Waals surface area contributed by atoms with Gasteiger partial charge in [0.2, 0.25) is 0 Å². The molecule has 96 valence electrons. The largest absolute Gasteiger partial charge is 0.388 e. The lowest BCUT2D eigenvalue weighted by Gasteiger charge is -2.13. The Kier molecular flexibility index (Phi) is 3.77. The molecule has 0 atom stereocenters. The average molecular weight is 314 g/mol. The van der Waals surface area contributed by atoms with Crippen LogP contribution < -0.4 is 0 Å². The average Bonchev–Trinajstić information content (AvgIpc) is 2.72. The zero-order chi connectivity index (χ0) is 13.3. The van der Waals surface area contributed by atoms with Crippen LogP contribution in [0.1, 0.15) is 25.7 Å². The first kappa shape index (κ1) is 13.2. The van der Waals surface area contributed by atoms with Gasteiger partial charge in [0, 0.05) is 16.1 Å². The van der Waals surface area contributed by atoms with Crippen LogP contribution in [0.5, 0.6) is 0 Å². The number of aliphatic hydroxyl groups excluding tert-OH is 1. The molecule has 1 aromatic heterocycles. The molecule has 0 bridgehead atoms. The normalized spacial score (nSPS) is 11.2. The van der Waals surface area contributed by atoms with Crippen LogP contribution in [-0.4, -0.2) is 19.9 Å². The molecule has 0 radical (unpaired) electrons. The lowest BCUT2D eigenvalue weighted by molar-refractivity contribution is 0.262. The second kappa shape index (κ2) is 5.16. The minimum absolute atomic E-state index is 0.106. The highest BCUT2D eigenvalue weighted by atomic mass is 79.9. The van der Waals surface area contributed by atoms with Gasteiger partial charge in [-0.1, -0.05) is 0 Å². The molecule has 6 heteroatoms. The standard InChI is InChI=1S/C12H13BrFN3O/c1-7(2)17-11(6-18)15-16-12(17)9-4-3-8(14)5-10(9)13/h3-5,7,18H,6H2,1-2H3. The first-order valence-electron chi connectivity index (χ1n) is 5.54. The summed E-state index contributed by atoms with van der Waals surface area (Å²) in [6.45, 7) is 3.77. The van der Waals surface area contributed by atoms with Gasteiger partial charge in [-0.2, -0.15) is 0 Å². The van der Waals surface area contributed by atoms with E-state index in [-0.39, 0.29) is 18.5 Å². The van der Waals surface area contributed by atoms with Gasteiger partial charge in [0.25, 0.3) is 0 Å². The SMILES string of the molecule is CC(C)n1c(CO)nnc1-c1ccc(F)cc1Br. The summed E-state index contributed by atoms with van der Waals surface area (Å²) in [4.78, 5) is 0. The van der Waals surface area contributed by atoms with Gasteiger partial charge < -0.3 is 9.67 Å². The van der Waals surface area contributed by atoms with E-state index in [0.717, 1.165) is 5.56 Å². The predicted octanol–water partition coefficient (Wildman–Crippen LogP) is 2.92. The van der Waals surface area contributed by atoms with Crippen LogP contribution in [0.3, 0.4) is 0 Å². The molecule has 0 amide bonds. The van der Waals surface area contributed by atoms with Gasteiger partial charge in [-0.15, -0.1) is 10.2 Å². The molecule has 1 heterocycles. The number of benzene rings is 1. The Bertz CT molecular complexity index is 568.